The Balaban J connectivity index is 1.91. The molecule has 2 nitrogen and oxygen atoms in total. The second kappa shape index (κ2) is 5.60. The third-order valence-electron chi connectivity index (χ3n) is 4.20. The summed E-state index contributed by atoms with van der Waals surface area (Å²) < 4.78 is 0. The minimum absolute atomic E-state index is 0.187. The molecule has 20 heavy (non-hydrogen) atoms. The maximum absolute atomic E-state index is 5.88. The molecule has 3 rings (SSSR count). The molecule has 2 atom stereocenters. The molecular weight excluding hydrogens is 264 g/mol. The topological polar surface area (TPSA) is 38.0 Å². The number of fused-ring (bicyclic) bond motifs is 1. The number of hydrogen-bond donors (Lipinski definition) is 2. The summed E-state index contributed by atoms with van der Waals surface area (Å²) in [4.78, 5) is 1.39. The van der Waals surface area contributed by atoms with Gasteiger partial charge in [0.1, 0.15) is 0 Å². The van der Waals surface area contributed by atoms with Crippen molar-refractivity contribution in [1.82, 2.24) is 5.43 Å². The van der Waals surface area contributed by atoms with Crippen molar-refractivity contribution in [3.8, 4) is 0 Å². The Hall–Kier alpha value is -1.29. The minimum atomic E-state index is 0.187. The van der Waals surface area contributed by atoms with Crippen LogP contribution in [0, 0.1) is 13.8 Å². The predicted octanol–water partition coefficient (Wildman–Crippen LogP) is 3.52. The average Bonchev–Trinajstić information content (AvgIpc) is 2.87. The van der Waals surface area contributed by atoms with E-state index in [0.29, 0.717) is 5.25 Å². The van der Waals surface area contributed by atoms with Crippen molar-refractivity contribution in [3.05, 3.63) is 64.7 Å². The zero-order chi connectivity index (χ0) is 14.1. The van der Waals surface area contributed by atoms with E-state index in [9.17, 15) is 0 Å². The zero-order valence-corrected chi connectivity index (χ0v) is 12.7. The fraction of sp³-hybridized carbons (Fsp3) is 0.294. The number of hydrogen-bond acceptors (Lipinski definition) is 3. The summed E-state index contributed by atoms with van der Waals surface area (Å²) in [6.45, 7) is 4.34. The summed E-state index contributed by atoms with van der Waals surface area (Å²) in [7, 11) is 0. The van der Waals surface area contributed by atoms with E-state index in [0.717, 1.165) is 6.42 Å². The van der Waals surface area contributed by atoms with Crippen LogP contribution in [0.15, 0.2) is 47.4 Å². The summed E-state index contributed by atoms with van der Waals surface area (Å²) in [5.74, 6) is 5.88. The molecule has 0 bridgehead atoms. The second-order valence-electron chi connectivity index (χ2n) is 5.40. The smallest absolute Gasteiger partial charge is 0.0588 e. The average molecular weight is 284 g/mol. The van der Waals surface area contributed by atoms with E-state index in [1.165, 1.54) is 27.1 Å². The van der Waals surface area contributed by atoms with Gasteiger partial charge in [-0.2, -0.15) is 0 Å². The molecule has 0 aromatic heterocycles. The zero-order valence-electron chi connectivity index (χ0n) is 11.9. The van der Waals surface area contributed by atoms with Crippen molar-refractivity contribution < 1.29 is 0 Å². The molecule has 3 N–H and O–H groups in total. The number of rotatable bonds is 3. The van der Waals surface area contributed by atoms with Crippen LogP contribution in [0.2, 0.25) is 0 Å². The first-order valence-electron chi connectivity index (χ1n) is 6.97. The van der Waals surface area contributed by atoms with Gasteiger partial charge in [-0.25, -0.2) is 0 Å². The van der Waals surface area contributed by atoms with Gasteiger partial charge in [-0.1, -0.05) is 36.4 Å². The third kappa shape index (κ3) is 2.37. The molecule has 0 spiro atoms. The van der Waals surface area contributed by atoms with Crippen LogP contribution in [-0.4, -0.2) is 5.25 Å². The van der Waals surface area contributed by atoms with E-state index in [-0.39, 0.29) is 6.04 Å². The van der Waals surface area contributed by atoms with E-state index in [1.807, 2.05) is 11.8 Å². The van der Waals surface area contributed by atoms with E-state index in [4.69, 9.17) is 5.84 Å². The fourth-order valence-electron chi connectivity index (χ4n) is 2.90. The van der Waals surface area contributed by atoms with Crippen molar-refractivity contribution in [2.24, 2.45) is 5.84 Å². The van der Waals surface area contributed by atoms with Crippen LogP contribution >= 0.6 is 11.8 Å². The first-order valence-corrected chi connectivity index (χ1v) is 7.85. The van der Waals surface area contributed by atoms with Gasteiger partial charge >= 0.3 is 0 Å². The monoisotopic (exact) mass is 284 g/mol. The number of benzene rings is 2. The van der Waals surface area contributed by atoms with Crippen molar-refractivity contribution in [2.75, 3.05) is 0 Å². The Bertz CT molecular complexity index is 599. The maximum atomic E-state index is 5.88. The van der Waals surface area contributed by atoms with Gasteiger partial charge in [-0.05, 0) is 48.6 Å². The maximum Gasteiger partial charge on any atom is 0.0588 e. The lowest BCUT2D eigenvalue weighted by atomic mass is 9.93. The lowest BCUT2D eigenvalue weighted by Gasteiger charge is -2.24. The quantitative estimate of drug-likeness (QED) is 0.669. The lowest BCUT2D eigenvalue weighted by molar-refractivity contribution is 0.530. The highest BCUT2D eigenvalue weighted by Crippen LogP contribution is 2.42. The highest BCUT2D eigenvalue weighted by Gasteiger charge is 2.30. The molecule has 0 fully saturated rings. The van der Waals surface area contributed by atoms with Crippen molar-refractivity contribution in [1.29, 1.82) is 0 Å². The molecule has 104 valence electrons. The van der Waals surface area contributed by atoms with E-state index < -0.39 is 0 Å². The van der Waals surface area contributed by atoms with Crippen LogP contribution in [-0.2, 0) is 6.42 Å². The van der Waals surface area contributed by atoms with Crippen LogP contribution in [0.3, 0.4) is 0 Å². The molecule has 2 aromatic rings. The Kier molecular flexibility index (Phi) is 3.83. The summed E-state index contributed by atoms with van der Waals surface area (Å²) in [5, 5.41) is 0.456. The summed E-state index contributed by atoms with van der Waals surface area (Å²) in [6.07, 6.45) is 1.07. The number of nitrogens with two attached hydrogens (primary N) is 1. The standard InChI is InChI=1S/C17H20N2S/c1-11-6-5-8-14(12(11)2)17(19-18)16-10-13-7-3-4-9-15(13)20-16/h3-9,16-17,19H,10,18H2,1-2H3. The Labute approximate surface area is 124 Å². The van der Waals surface area contributed by atoms with Gasteiger partial charge < -0.3 is 0 Å². The first kappa shape index (κ1) is 13.7. The molecule has 1 aliphatic heterocycles. The summed E-state index contributed by atoms with van der Waals surface area (Å²) >= 11 is 1.94. The predicted molar refractivity (Wildman–Crippen MR) is 85.8 cm³/mol. The number of aryl methyl sites for hydroxylation is 1. The lowest BCUT2D eigenvalue weighted by Crippen LogP contribution is -2.35. The highest BCUT2D eigenvalue weighted by molar-refractivity contribution is 8.00. The Morgan fingerprint density at radius 3 is 2.70 bits per heavy atom. The van der Waals surface area contributed by atoms with E-state index >= 15 is 0 Å². The second-order valence-corrected chi connectivity index (χ2v) is 6.68. The van der Waals surface area contributed by atoms with Gasteiger partial charge in [0.25, 0.3) is 0 Å². The van der Waals surface area contributed by atoms with Gasteiger partial charge in [-0.15, -0.1) is 11.8 Å². The van der Waals surface area contributed by atoms with Gasteiger partial charge in [0.15, 0.2) is 0 Å². The molecule has 0 amide bonds. The first-order chi connectivity index (χ1) is 9.70. The fourth-order valence-corrected chi connectivity index (χ4v) is 4.31. The number of nitrogens with one attached hydrogen (secondary N) is 1. The summed E-state index contributed by atoms with van der Waals surface area (Å²) in [6, 6.07) is 15.3. The van der Waals surface area contributed by atoms with Crippen molar-refractivity contribution in [2.45, 2.75) is 36.5 Å². The minimum Gasteiger partial charge on any atom is -0.271 e. The number of hydrazine groups is 1. The van der Waals surface area contributed by atoms with Gasteiger partial charge in [0.2, 0.25) is 0 Å². The van der Waals surface area contributed by atoms with Crippen LogP contribution in [0.4, 0.5) is 0 Å². The van der Waals surface area contributed by atoms with Crippen LogP contribution in [0.1, 0.15) is 28.3 Å². The molecule has 2 aromatic carbocycles. The van der Waals surface area contributed by atoms with Gasteiger partial charge in [-0.3, -0.25) is 11.3 Å². The van der Waals surface area contributed by atoms with Crippen molar-refractivity contribution in [3.63, 3.8) is 0 Å². The van der Waals surface area contributed by atoms with Crippen LogP contribution in [0.5, 0.6) is 0 Å². The highest BCUT2D eigenvalue weighted by atomic mass is 32.2. The molecule has 0 aliphatic carbocycles. The molecule has 1 aliphatic rings. The van der Waals surface area contributed by atoms with E-state index in [2.05, 4.69) is 61.7 Å². The largest absolute Gasteiger partial charge is 0.271 e. The van der Waals surface area contributed by atoms with E-state index in [1.54, 1.807) is 0 Å². The van der Waals surface area contributed by atoms with Gasteiger partial charge in [0, 0.05) is 10.1 Å². The Morgan fingerprint density at radius 1 is 1.15 bits per heavy atom. The molecule has 3 heteroatoms. The third-order valence-corrected chi connectivity index (χ3v) is 5.60. The molecule has 0 saturated heterocycles. The molecule has 2 unspecified atom stereocenters. The SMILES string of the molecule is Cc1cccc(C(NN)C2Cc3ccccc3S2)c1C. The molecule has 0 radical (unpaired) electrons. The molecule has 0 saturated carbocycles. The van der Waals surface area contributed by atoms with Crippen LogP contribution < -0.4 is 11.3 Å². The normalized spacial score (nSPS) is 18.9. The van der Waals surface area contributed by atoms with Gasteiger partial charge in [0.05, 0.1) is 6.04 Å². The van der Waals surface area contributed by atoms with Crippen molar-refractivity contribution >= 4 is 11.8 Å². The summed E-state index contributed by atoms with van der Waals surface area (Å²) in [5.41, 5.74) is 8.46. The van der Waals surface area contributed by atoms with Crippen LogP contribution in [0.25, 0.3) is 0 Å². The number of thioether (sulfide) groups is 1. The Morgan fingerprint density at radius 2 is 1.95 bits per heavy atom. The molecule has 1 heterocycles. The molecular formula is C17H20N2S.